The number of benzene rings is 2. The number of hydrogen-bond acceptors (Lipinski definition) is 7. The van der Waals surface area contributed by atoms with Crippen molar-refractivity contribution in [2.45, 2.75) is 43.1 Å². The SMILES string of the molecule is COc1cc(NC(=O)COC(=O)c2oc3ccccc3c2CSC2CCCCC2)cc(OC)c1. The van der Waals surface area contributed by atoms with Gasteiger partial charge in [-0.15, -0.1) is 0 Å². The van der Waals surface area contributed by atoms with Gasteiger partial charge in [0.05, 0.1) is 14.2 Å². The van der Waals surface area contributed by atoms with Crippen LogP contribution >= 0.6 is 11.8 Å². The van der Waals surface area contributed by atoms with E-state index >= 15 is 0 Å². The van der Waals surface area contributed by atoms with E-state index in [1.54, 1.807) is 18.2 Å². The van der Waals surface area contributed by atoms with Crippen molar-refractivity contribution < 1.29 is 28.2 Å². The number of methoxy groups -OCH3 is 2. The molecule has 0 radical (unpaired) electrons. The summed E-state index contributed by atoms with van der Waals surface area (Å²) in [5.41, 5.74) is 1.95. The Hall–Kier alpha value is -3.13. The molecule has 1 fully saturated rings. The number of thioether (sulfide) groups is 1. The first-order chi connectivity index (χ1) is 16.6. The van der Waals surface area contributed by atoms with Crippen LogP contribution in [-0.4, -0.2) is 38.0 Å². The van der Waals surface area contributed by atoms with Gasteiger partial charge in [0.15, 0.2) is 6.61 Å². The summed E-state index contributed by atoms with van der Waals surface area (Å²) in [6.07, 6.45) is 6.22. The van der Waals surface area contributed by atoms with Gasteiger partial charge in [-0.2, -0.15) is 11.8 Å². The third-order valence-electron chi connectivity index (χ3n) is 5.87. The number of furan rings is 1. The fourth-order valence-corrected chi connectivity index (χ4v) is 5.47. The van der Waals surface area contributed by atoms with E-state index in [0.29, 0.717) is 33.8 Å². The topological polar surface area (TPSA) is 87.0 Å². The molecule has 34 heavy (non-hydrogen) atoms. The van der Waals surface area contributed by atoms with E-state index in [-0.39, 0.29) is 5.76 Å². The van der Waals surface area contributed by atoms with Crippen LogP contribution in [0.3, 0.4) is 0 Å². The molecule has 8 heteroatoms. The molecule has 1 saturated carbocycles. The number of hydrogen-bond donors (Lipinski definition) is 1. The van der Waals surface area contributed by atoms with Crippen molar-refractivity contribution >= 4 is 40.3 Å². The van der Waals surface area contributed by atoms with Gasteiger partial charge in [-0.3, -0.25) is 4.79 Å². The van der Waals surface area contributed by atoms with E-state index in [9.17, 15) is 9.59 Å². The average Bonchev–Trinajstić information content (AvgIpc) is 3.25. The third-order valence-corrected chi connectivity index (χ3v) is 7.27. The number of carbonyl (C=O) groups excluding carboxylic acids is 2. The van der Waals surface area contributed by atoms with E-state index in [4.69, 9.17) is 18.6 Å². The Kier molecular flexibility index (Phi) is 8.00. The maximum absolute atomic E-state index is 12.9. The van der Waals surface area contributed by atoms with Crippen molar-refractivity contribution in [1.29, 1.82) is 0 Å². The summed E-state index contributed by atoms with van der Waals surface area (Å²) in [6.45, 7) is -0.440. The lowest BCUT2D eigenvalue weighted by atomic mass is 10.0. The average molecular weight is 484 g/mol. The lowest BCUT2D eigenvalue weighted by Crippen LogP contribution is -2.21. The number of carbonyl (C=O) groups is 2. The number of nitrogens with one attached hydrogen (secondary N) is 1. The van der Waals surface area contributed by atoms with Gasteiger partial charge < -0.3 is 23.9 Å². The number of ether oxygens (including phenoxy) is 3. The first-order valence-electron chi connectivity index (χ1n) is 11.4. The highest BCUT2D eigenvalue weighted by molar-refractivity contribution is 7.99. The van der Waals surface area contributed by atoms with Crippen molar-refractivity contribution in [3.8, 4) is 11.5 Å². The molecule has 1 heterocycles. The predicted octanol–water partition coefficient (Wildman–Crippen LogP) is 5.81. The van der Waals surface area contributed by atoms with Crippen molar-refractivity contribution in [3.63, 3.8) is 0 Å². The Bertz CT molecular complexity index is 1130. The highest BCUT2D eigenvalue weighted by atomic mass is 32.2. The second-order valence-electron chi connectivity index (χ2n) is 8.20. The molecule has 1 aromatic heterocycles. The van der Waals surface area contributed by atoms with Gasteiger partial charge in [0, 0.05) is 45.8 Å². The smallest absolute Gasteiger partial charge is 0.375 e. The molecule has 1 aliphatic carbocycles. The Balaban J connectivity index is 1.42. The lowest BCUT2D eigenvalue weighted by molar-refractivity contribution is -0.119. The molecule has 1 N–H and O–H groups in total. The maximum atomic E-state index is 12.9. The zero-order valence-electron chi connectivity index (χ0n) is 19.4. The summed E-state index contributed by atoms with van der Waals surface area (Å²) in [7, 11) is 3.05. The van der Waals surface area contributed by atoms with Crippen LogP contribution in [-0.2, 0) is 15.3 Å². The third kappa shape index (κ3) is 5.86. The van der Waals surface area contributed by atoms with Crippen LogP contribution in [0.2, 0.25) is 0 Å². The quantitative estimate of drug-likeness (QED) is 0.384. The molecule has 0 saturated heterocycles. The number of fused-ring (bicyclic) bond motifs is 1. The van der Waals surface area contributed by atoms with Crippen LogP contribution in [0.1, 0.15) is 48.2 Å². The van der Waals surface area contributed by atoms with E-state index in [1.165, 1.54) is 46.3 Å². The molecule has 3 aromatic rings. The molecule has 0 unspecified atom stereocenters. The molecule has 1 aliphatic rings. The first-order valence-corrected chi connectivity index (χ1v) is 12.4. The fraction of sp³-hybridized carbons (Fsp3) is 0.385. The minimum Gasteiger partial charge on any atom is -0.497 e. The largest absolute Gasteiger partial charge is 0.497 e. The van der Waals surface area contributed by atoms with Crippen LogP contribution in [0.25, 0.3) is 11.0 Å². The van der Waals surface area contributed by atoms with Gasteiger partial charge in [-0.1, -0.05) is 37.5 Å². The summed E-state index contributed by atoms with van der Waals surface area (Å²) in [5.74, 6) is 0.789. The molecule has 2 aromatic carbocycles. The monoisotopic (exact) mass is 483 g/mol. The lowest BCUT2D eigenvalue weighted by Gasteiger charge is -2.20. The summed E-state index contributed by atoms with van der Waals surface area (Å²) in [5, 5.41) is 4.20. The predicted molar refractivity (Wildman–Crippen MR) is 133 cm³/mol. The number of esters is 1. The van der Waals surface area contributed by atoms with Crippen molar-refractivity contribution in [2.75, 3.05) is 26.1 Å². The van der Waals surface area contributed by atoms with Gasteiger partial charge in [-0.05, 0) is 18.9 Å². The van der Waals surface area contributed by atoms with Gasteiger partial charge in [0.2, 0.25) is 5.76 Å². The van der Waals surface area contributed by atoms with Crippen molar-refractivity contribution in [1.82, 2.24) is 0 Å². The second-order valence-corrected chi connectivity index (χ2v) is 9.49. The second kappa shape index (κ2) is 11.3. The van der Waals surface area contributed by atoms with Crippen LogP contribution in [0.15, 0.2) is 46.9 Å². The van der Waals surface area contributed by atoms with Crippen LogP contribution in [0.4, 0.5) is 5.69 Å². The van der Waals surface area contributed by atoms with Gasteiger partial charge in [0.1, 0.15) is 17.1 Å². The first kappa shape index (κ1) is 24.0. The van der Waals surface area contributed by atoms with Gasteiger partial charge in [-0.25, -0.2) is 4.79 Å². The molecule has 0 bridgehead atoms. The zero-order chi connectivity index (χ0) is 23.9. The Morgan fingerprint density at radius 3 is 2.44 bits per heavy atom. The van der Waals surface area contributed by atoms with E-state index in [1.807, 2.05) is 36.0 Å². The molecule has 0 aliphatic heterocycles. The molecular weight excluding hydrogens is 454 g/mol. The molecular formula is C26H29NO6S. The number of rotatable bonds is 9. The number of anilines is 1. The standard InChI is InChI=1S/C26H29NO6S/c1-30-18-12-17(13-19(14-18)31-2)27-24(28)15-32-26(29)25-22(16-34-20-8-4-3-5-9-20)21-10-6-7-11-23(21)33-25/h6-7,10-14,20H,3-5,8-9,15-16H2,1-2H3,(H,27,28). The minimum atomic E-state index is -0.645. The van der Waals surface area contributed by atoms with Crippen molar-refractivity contribution in [3.05, 3.63) is 53.8 Å². The summed E-state index contributed by atoms with van der Waals surface area (Å²) >= 11 is 1.86. The molecule has 7 nitrogen and oxygen atoms in total. The number of amides is 1. The zero-order valence-corrected chi connectivity index (χ0v) is 20.2. The Morgan fingerprint density at radius 2 is 1.74 bits per heavy atom. The summed E-state index contributed by atoms with van der Waals surface area (Å²) in [4.78, 5) is 25.3. The molecule has 1 amide bonds. The van der Waals surface area contributed by atoms with Crippen molar-refractivity contribution in [2.24, 2.45) is 0 Å². The van der Waals surface area contributed by atoms with Gasteiger partial charge in [0.25, 0.3) is 5.91 Å². The summed E-state index contributed by atoms with van der Waals surface area (Å²) in [6, 6.07) is 12.6. The van der Waals surface area contributed by atoms with E-state index in [2.05, 4.69) is 5.32 Å². The van der Waals surface area contributed by atoms with Crippen LogP contribution in [0, 0.1) is 0 Å². The highest BCUT2D eigenvalue weighted by Crippen LogP contribution is 2.35. The summed E-state index contributed by atoms with van der Waals surface area (Å²) < 4.78 is 21.6. The minimum absolute atomic E-state index is 0.167. The molecule has 180 valence electrons. The maximum Gasteiger partial charge on any atom is 0.375 e. The highest BCUT2D eigenvalue weighted by Gasteiger charge is 2.24. The Labute approximate surface area is 203 Å². The van der Waals surface area contributed by atoms with Crippen LogP contribution in [0.5, 0.6) is 11.5 Å². The van der Waals surface area contributed by atoms with Gasteiger partial charge >= 0.3 is 5.97 Å². The van der Waals surface area contributed by atoms with E-state index < -0.39 is 18.5 Å². The molecule has 0 spiro atoms. The normalized spacial score (nSPS) is 14.1. The molecule has 4 rings (SSSR count). The number of para-hydroxylation sites is 1. The van der Waals surface area contributed by atoms with Crippen LogP contribution < -0.4 is 14.8 Å². The Morgan fingerprint density at radius 1 is 1.03 bits per heavy atom. The molecule has 0 atom stereocenters. The van der Waals surface area contributed by atoms with E-state index in [0.717, 1.165) is 10.9 Å². The fourth-order valence-electron chi connectivity index (χ4n) is 4.11.